The average molecular weight is 732 g/mol. The van der Waals surface area contributed by atoms with Gasteiger partial charge < -0.3 is 34.8 Å². The predicted molar refractivity (Wildman–Crippen MR) is 161 cm³/mol. The summed E-state index contributed by atoms with van der Waals surface area (Å²) in [6, 6.07) is 6.60. The van der Waals surface area contributed by atoms with Gasteiger partial charge in [-0.15, -0.1) is 0 Å². The number of ether oxygens (including phenoxy) is 2. The van der Waals surface area contributed by atoms with Crippen LogP contribution >= 0.6 is 45.1 Å². The van der Waals surface area contributed by atoms with Crippen molar-refractivity contribution in [2.45, 2.75) is 37.0 Å². The van der Waals surface area contributed by atoms with Crippen molar-refractivity contribution >= 4 is 51.0 Å². The molecule has 1 aromatic carbocycles. The molecule has 18 nitrogen and oxygen atoms in total. The number of nitrogens with one attached hydrogen (secondary N) is 1. The summed E-state index contributed by atoms with van der Waals surface area (Å²) in [6.45, 7) is 0.812. The lowest BCUT2D eigenvalue weighted by Crippen LogP contribution is -2.33. The number of esters is 1. The van der Waals surface area contributed by atoms with Crippen LogP contribution in [0.2, 0.25) is 0 Å². The van der Waals surface area contributed by atoms with E-state index in [1.54, 1.807) is 18.2 Å². The first kappa shape index (κ1) is 37.4. The molecular weight excluding hydrogens is 703 g/mol. The minimum absolute atomic E-state index is 0.0886. The van der Waals surface area contributed by atoms with Gasteiger partial charge in [0.05, 0.1) is 18.7 Å². The molecule has 1 aromatic heterocycles. The molecular formula is C22H28N3O15P3S2. The Morgan fingerprint density at radius 2 is 1.87 bits per heavy atom. The lowest BCUT2D eigenvalue weighted by atomic mass is 10.0. The standard InChI is InChI=1S/C22H28N3O15P3S2/c1-13(45-44-2)15-7-3-4-8-16(15)21(27)38-17-10-19(25-11-14(6-5-9-23)20(26)24-22(25)28)37-18(17)12-36-42(32,33)40-43(34,35)39-41(29,30)31/h3-4,7-8,11,13,17-19H,9-10,12,23H2,1-2H3,(H,32,33)(H,34,35)(H,24,26,28)(H2,29,30,31)/t13?,17-,18?,19-/m1/s1. The van der Waals surface area contributed by atoms with Crippen LogP contribution in [0, 0.1) is 11.8 Å². The fourth-order valence-electron chi connectivity index (χ4n) is 3.99. The molecule has 1 saturated heterocycles. The molecule has 0 saturated carbocycles. The first-order chi connectivity index (χ1) is 20.9. The van der Waals surface area contributed by atoms with Gasteiger partial charge in [-0.25, -0.2) is 23.3 Å². The molecule has 0 spiro atoms. The summed E-state index contributed by atoms with van der Waals surface area (Å²) < 4.78 is 59.5. The van der Waals surface area contributed by atoms with Crippen LogP contribution < -0.4 is 17.0 Å². The van der Waals surface area contributed by atoms with Gasteiger partial charge in [-0.2, -0.15) is 8.62 Å². The van der Waals surface area contributed by atoms with Crippen molar-refractivity contribution in [1.82, 2.24) is 9.55 Å². The van der Waals surface area contributed by atoms with E-state index in [2.05, 4.69) is 25.4 Å². The number of nitrogens with zero attached hydrogens (tertiary/aromatic N) is 1. The highest BCUT2D eigenvalue weighted by molar-refractivity contribution is 8.76. The summed E-state index contributed by atoms with van der Waals surface area (Å²) in [7, 11) is -14.1. The number of hydrogen-bond donors (Lipinski definition) is 6. The largest absolute Gasteiger partial charge is 0.490 e. The molecule has 0 amide bonds. The number of rotatable bonds is 13. The maximum Gasteiger partial charge on any atom is 0.490 e. The van der Waals surface area contributed by atoms with Crippen molar-refractivity contribution < 1.29 is 60.7 Å². The third-order valence-corrected chi connectivity index (χ3v) is 11.7. The first-order valence-corrected chi connectivity index (χ1v) is 19.6. The number of H-pyrrole nitrogens is 1. The van der Waals surface area contributed by atoms with Crippen LogP contribution in [-0.2, 0) is 36.3 Å². The maximum absolute atomic E-state index is 13.4. The highest BCUT2D eigenvalue weighted by Gasteiger charge is 2.44. The molecule has 45 heavy (non-hydrogen) atoms. The van der Waals surface area contributed by atoms with E-state index in [1.807, 2.05) is 13.2 Å². The van der Waals surface area contributed by atoms with E-state index in [4.69, 9.17) is 29.5 Å². The van der Waals surface area contributed by atoms with E-state index in [0.29, 0.717) is 5.56 Å². The van der Waals surface area contributed by atoms with Gasteiger partial charge in [-0.05, 0) is 24.8 Å². The molecule has 3 rings (SSSR count). The molecule has 0 radical (unpaired) electrons. The molecule has 1 aliphatic heterocycles. The molecule has 0 bridgehead atoms. The zero-order chi connectivity index (χ0) is 33.6. The van der Waals surface area contributed by atoms with Crippen molar-refractivity contribution in [2.24, 2.45) is 5.73 Å². The Labute approximate surface area is 262 Å². The Bertz CT molecular complexity index is 1720. The molecule has 7 N–H and O–H groups in total. The molecule has 23 heteroatoms. The summed E-state index contributed by atoms with van der Waals surface area (Å²) in [5.74, 6) is 4.15. The van der Waals surface area contributed by atoms with Crippen LogP contribution in [0.25, 0.3) is 0 Å². The number of nitrogens with two attached hydrogens (primary N) is 1. The van der Waals surface area contributed by atoms with Crippen molar-refractivity contribution in [3.63, 3.8) is 0 Å². The van der Waals surface area contributed by atoms with Crippen molar-refractivity contribution in [1.29, 1.82) is 0 Å². The molecule has 0 aliphatic carbocycles. The first-order valence-electron chi connectivity index (χ1n) is 12.4. The van der Waals surface area contributed by atoms with Crippen LogP contribution in [-0.4, -0.2) is 66.7 Å². The van der Waals surface area contributed by atoms with E-state index in [1.165, 1.54) is 27.7 Å². The van der Waals surface area contributed by atoms with E-state index < -0.39 is 65.7 Å². The number of carbonyl (C=O) groups excluding carboxylic acids is 1. The number of phosphoric ester groups is 1. The van der Waals surface area contributed by atoms with Crippen LogP contribution in [0.5, 0.6) is 0 Å². The summed E-state index contributed by atoms with van der Waals surface area (Å²) >= 11 is 0. The van der Waals surface area contributed by atoms with Gasteiger partial charge in [0.1, 0.15) is 24.0 Å². The molecule has 6 atom stereocenters. The Morgan fingerprint density at radius 1 is 1.18 bits per heavy atom. The minimum Gasteiger partial charge on any atom is -0.456 e. The summed E-state index contributed by atoms with van der Waals surface area (Å²) in [6.07, 6.45) is -1.30. The topological polar surface area (TPSA) is 276 Å². The average Bonchev–Trinajstić information content (AvgIpc) is 3.31. The predicted octanol–water partition coefficient (Wildman–Crippen LogP) is 1.78. The summed E-state index contributed by atoms with van der Waals surface area (Å²) in [5.41, 5.74) is 4.30. The molecule has 2 heterocycles. The number of aromatic nitrogens is 2. The van der Waals surface area contributed by atoms with Crippen LogP contribution in [0.15, 0.2) is 40.1 Å². The quantitative estimate of drug-likeness (QED) is 0.0741. The van der Waals surface area contributed by atoms with Gasteiger partial charge in [0.25, 0.3) is 5.56 Å². The maximum atomic E-state index is 13.4. The van der Waals surface area contributed by atoms with Crippen LogP contribution in [0.4, 0.5) is 0 Å². The second kappa shape index (κ2) is 15.7. The number of hydrogen-bond acceptors (Lipinski definition) is 14. The fourth-order valence-corrected chi connectivity index (χ4v) is 8.79. The van der Waals surface area contributed by atoms with E-state index in [-0.39, 0.29) is 29.3 Å². The lowest BCUT2D eigenvalue weighted by Gasteiger charge is -2.22. The third kappa shape index (κ3) is 11.0. The number of benzene rings is 1. The second-order valence-electron chi connectivity index (χ2n) is 8.90. The Balaban J connectivity index is 1.91. The molecule has 2 aromatic rings. The zero-order valence-corrected chi connectivity index (χ0v) is 27.6. The van der Waals surface area contributed by atoms with E-state index in [0.717, 1.165) is 10.8 Å². The van der Waals surface area contributed by atoms with Crippen LogP contribution in [0.1, 0.15) is 46.3 Å². The third-order valence-electron chi connectivity index (χ3n) is 5.72. The molecule has 4 unspecified atom stereocenters. The number of carbonyl (C=O) groups is 1. The highest BCUT2D eigenvalue weighted by Crippen LogP contribution is 2.66. The Kier molecular flexibility index (Phi) is 13.1. The number of phosphoric acid groups is 3. The van der Waals surface area contributed by atoms with Gasteiger partial charge >= 0.3 is 35.1 Å². The molecule has 248 valence electrons. The normalized spacial score (nSPS) is 21.6. The second-order valence-corrected chi connectivity index (χ2v) is 16.1. The van der Waals surface area contributed by atoms with Crippen LogP contribution in [0.3, 0.4) is 0 Å². The Morgan fingerprint density at radius 3 is 2.51 bits per heavy atom. The highest BCUT2D eigenvalue weighted by atomic mass is 33.1. The van der Waals surface area contributed by atoms with Gasteiger partial charge in [-0.1, -0.05) is 51.6 Å². The zero-order valence-electron chi connectivity index (χ0n) is 23.3. The van der Waals surface area contributed by atoms with Crippen molar-refractivity contribution in [2.75, 3.05) is 19.4 Å². The fraction of sp³-hybridized carbons (Fsp3) is 0.409. The van der Waals surface area contributed by atoms with Crippen molar-refractivity contribution in [3.05, 3.63) is 68.0 Å². The monoisotopic (exact) mass is 731 g/mol. The van der Waals surface area contributed by atoms with Gasteiger partial charge in [-0.3, -0.25) is 18.9 Å². The van der Waals surface area contributed by atoms with Crippen molar-refractivity contribution in [3.8, 4) is 11.8 Å². The summed E-state index contributed by atoms with van der Waals surface area (Å²) in [4.78, 5) is 77.1. The lowest BCUT2D eigenvalue weighted by molar-refractivity contribution is -0.0511. The van der Waals surface area contributed by atoms with Gasteiger partial charge in [0.2, 0.25) is 0 Å². The molecule has 1 fully saturated rings. The number of aromatic amines is 1. The van der Waals surface area contributed by atoms with E-state index in [9.17, 15) is 37.9 Å². The van der Waals surface area contributed by atoms with Gasteiger partial charge in [0, 0.05) is 17.9 Å². The van der Waals surface area contributed by atoms with E-state index >= 15 is 0 Å². The smallest absolute Gasteiger partial charge is 0.456 e. The Hall–Kier alpha value is -2.04. The molecule has 1 aliphatic rings. The minimum atomic E-state index is -5.81. The summed E-state index contributed by atoms with van der Waals surface area (Å²) in [5, 5.41) is -0.134. The van der Waals surface area contributed by atoms with Gasteiger partial charge in [0.15, 0.2) is 0 Å². The SMILES string of the molecule is CSSC(C)c1ccccc1C(=O)O[C@@H]1C[C@H](n2cc(C#CCN)c(=O)[nH]c2=O)OC1COP(=O)(O)OP(=O)(O)OP(=O)(O)O.